The predicted molar refractivity (Wildman–Crippen MR) is 121 cm³/mol. The summed E-state index contributed by atoms with van der Waals surface area (Å²) < 4.78 is 143. The molecule has 0 heterocycles. The lowest BCUT2D eigenvalue weighted by Crippen LogP contribution is -2.22. The molecule has 166 valence electrons. The molecule has 0 bridgehead atoms. The van der Waals surface area contributed by atoms with Gasteiger partial charge in [0.25, 0.3) is 0 Å². The molecule has 5 heteroatoms. The van der Waals surface area contributed by atoms with Crippen molar-refractivity contribution < 1.29 is 43.4 Å². The Kier molecular flexibility index (Phi) is 4.84. The van der Waals surface area contributed by atoms with Crippen molar-refractivity contribution in [3.63, 3.8) is 0 Å². The monoisotopic (exact) mass is 432 g/mol. The van der Waals surface area contributed by atoms with Crippen molar-refractivity contribution in [1.82, 2.24) is 5.32 Å². The fourth-order valence-electron chi connectivity index (χ4n) is 2.14. The van der Waals surface area contributed by atoms with Crippen LogP contribution in [-0.2, 0) is 17.7 Å². The van der Waals surface area contributed by atoms with Gasteiger partial charge in [-0.15, -0.1) is 0 Å². The highest BCUT2D eigenvalue weighted by Gasteiger charge is 2.09. The molecule has 0 fully saturated rings. The number of aliphatic hydroxyl groups is 2. The zero-order valence-electron chi connectivity index (χ0n) is 33.4. The second kappa shape index (κ2) is 15.0. The Balaban J connectivity index is 1.99. The number of unbranched alkanes of at least 4 members (excludes halogenated alkanes) is 2. The van der Waals surface area contributed by atoms with E-state index >= 15 is 0 Å². The van der Waals surface area contributed by atoms with Crippen LogP contribution in [-0.4, -0.2) is 41.5 Å². The molecule has 0 saturated carbocycles. The van der Waals surface area contributed by atoms with E-state index in [2.05, 4.69) is 0 Å². The van der Waals surface area contributed by atoms with Crippen molar-refractivity contribution in [3.8, 4) is 5.75 Å². The Morgan fingerprint density at radius 1 is 1.07 bits per heavy atom. The van der Waals surface area contributed by atoms with Crippen LogP contribution in [0.1, 0.15) is 84.5 Å². The van der Waals surface area contributed by atoms with E-state index in [1.165, 1.54) is 0 Å². The van der Waals surface area contributed by atoms with Crippen LogP contribution in [0, 0.1) is 0 Å². The molecular weight excluding hydrogens is 378 g/mol. The largest absolute Gasteiger partial charge is 0.508 e. The third kappa shape index (κ3) is 9.72. The quantitative estimate of drug-likeness (QED) is 0.300. The minimum Gasteiger partial charge on any atom is -0.508 e. The van der Waals surface area contributed by atoms with E-state index in [1.807, 2.05) is 5.32 Å². The number of aromatic hydroxyl groups is 1. The lowest BCUT2D eigenvalue weighted by molar-refractivity contribution is 0.126. The molecule has 2 rings (SSSR count). The van der Waals surface area contributed by atoms with Crippen LogP contribution in [0.5, 0.6) is 5.75 Å². The van der Waals surface area contributed by atoms with Crippen molar-refractivity contribution in [2.75, 3.05) is 26.2 Å². The number of hydrogen-bond acceptors (Lipinski definition) is 5. The topological polar surface area (TPSA) is 82.0 Å². The van der Waals surface area contributed by atoms with E-state index in [0.717, 1.165) is 12.1 Å². The second-order valence-corrected chi connectivity index (χ2v) is 5.92. The highest BCUT2D eigenvalue weighted by atomic mass is 16.5. The van der Waals surface area contributed by atoms with E-state index < -0.39 is 110 Å². The second-order valence-electron chi connectivity index (χ2n) is 5.92. The summed E-state index contributed by atoms with van der Waals surface area (Å²) in [6, 6.07) is -2.66. The maximum absolute atomic E-state index is 10.8. The van der Waals surface area contributed by atoms with Gasteiger partial charge in [0.05, 0.1) is 22.3 Å². The number of ether oxygens (including phenoxy) is 1. The van der Waals surface area contributed by atoms with Crippen molar-refractivity contribution >= 4 is 0 Å². The van der Waals surface area contributed by atoms with Crippen LogP contribution in [0.15, 0.2) is 48.4 Å². The zero-order valence-corrected chi connectivity index (χ0v) is 16.4. The van der Waals surface area contributed by atoms with Gasteiger partial charge in [0.1, 0.15) is 5.75 Å². The molecule has 4 N–H and O–H groups in total. The maximum atomic E-state index is 10.8. The van der Waals surface area contributed by atoms with Gasteiger partial charge < -0.3 is 25.4 Å². The first-order valence-electron chi connectivity index (χ1n) is 17.8. The first-order valence-corrected chi connectivity index (χ1v) is 9.31. The van der Waals surface area contributed by atoms with Crippen LogP contribution in [0.2, 0.25) is 0 Å². The van der Waals surface area contributed by atoms with Gasteiger partial charge in [0.2, 0.25) is 0 Å². The van der Waals surface area contributed by atoms with Gasteiger partial charge >= 0.3 is 0 Å². The molecule has 2 aromatic rings. The lowest BCUT2D eigenvalue weighted by Gasteiger charge is -2.14. The molecular formula is C25H37NO4. The van der Waals surface area contributed by atoms with Crippen LogP contribution in [0.3, 0.4) is 0 Å². The van der Waals surface area contributed by atoms with Gasteiger partial charge in [-0.25, -0.2) is 0 Å². The molecule has 0 aliphatic heterocycles. The summed E-state index contributed by atoms with van der Waals surface area (Å²) in [6.45, 7) is -8.02. The smallest absolute Gasteiger partial charge is 0.121 e. The first-order chi connectivity index (χ1) is 21.2. The van der Waals surface area contributed by atoms with Crippen molar-refractivity contribution in [1.29, 1.82) is 0 Å². The minimum atomic E-state index is -3.52. The van der Waals surface area contributed by atoms with Gasteiger partial charge in [-0.3, -0.25) is 0 Å². The van der Waals surface area contributed by atoms with Crippen molar-refractivity contribution in [2.45, 2.75) is 57.5 Å². The molecule has 0 aliphatic rings. The molecule has 0 aliphatic carbocycles. The summed E-state index contributed by atoms with van der Waals surface area (Å²) in [7, 11) is 0. The number of benzene rings is 2. The summed E-state index contributed by atoms with van der Waals surface area (Å²) in [5.74, 6) is -0.952. The highest BCUT2D eigenvalue weighted by Crippen LogP contribution is 2.22. The Morgan fingerprint density at radius 3 is 2.67 bits per heavy atom. The van der Waals surface area contributed by atoms with E-state index in [4.69, 9.17) is 28.0 Å². The van der Waals surface area contributed by atoms with Crippen LogP contribution in [0.4, 0.5) is 0 Å². The molecule has 0 spiro atoms. The lowest BCUT2D eigenvalue weighted by atomic mass is 10.1. The first kappa shape index (κ1) is 9.70. The summed E-state index contributed by atoms with van der Waals surface area (Å²) in [5.41, 5.74) is -2.41. The molecule has 5 nitrogen and oxygen atoms in total. The summed E-state index contributed by atoms with van der Waals surface area (Å²) in [5, 5.41) is 32.0. The molecule has 0 amide bonds. The number of rotatable bonds is 16. The fourth-order valence-corrected chi connectivity index (χ4v) is 2.14. The number of phenols is 1. The van der Waals surface area contributed by atoms with Crippen LogP contribution >= 0.6 is 0 Å². The highest BCUT2D eigenvalue weighted by molar-refractivity contribution is 5.36. The fraction of sp³-hybridized carbons (Fsp3) is 0.520. The Labute approximate surface area is 204 Å². The van der Waals surface area contributed by atoms with E-state index in [1.54, 1.807) is 0 Å². The molecule has 30 heavy (non-hydrogen) atoms. The van der Waals surface area contributed by atoms with E-state index in [0.29, 0.717) is 0 Å². The number of nitrogens with one attached hydrogen (secondary N) is 1. The molecule has 0 aromatic heterocycles. The van der Waals surface area contributed by atoms with Crippen molar-refractivity contribution in [2.24, 2.45) is 0 Å². The SMILES string of the molecule is [2H]c1cc([2H])c(C([2H])([2H])C([2H])([2H])C([2H])([2H])COCCCCCC([2H])([2H])NC([2H])([2H])C([2H])(O)c2c([2H])c([2H])c(O)c(CO)c2[2H])c([2H])c1. The number of hydrogen-bond donors (Lipinski definition) is 4. The average Bonchev–Trinajstić information content (AvgIpc) is 2.89. The van der Waals surface area contributed by atoms with Gasteiger partial charge in [0.15, 0.2) is 0 Å². The standard InChI is InChI=1S/C25H37NO4/c27-20-23-18-22(13-14-24(23)28)25(29)19-26-15-7-1-2-8-16-30-17-9-6-12-21-10-4-3-5-11-21/h3-5,10-11,13-14,18,25-29H,1-2,6-9,12,15-17,19-20H2/i3D,6D2,9D2,10D,11D,12D2,13D,14D,15D2,18D,19D2,25D. The molecule has 0 saturated heterocycles. The van der Waals surface area contributed by atoms with Gasteiger partial charge in [-0.05, 0) is 61.7 Å². The summed E-state index contributed by atoms with van der Waals surface area (Å²) in [6.07, 6.45) is -12.8. The average molecular weight is 433 g/mol. The Hall–Kier alpha value is -1.92. The molecule has 2 aromatic carbocycles. The third-order valence-corrected chi connectivity index (χ3v) is 3.67. The van der Waals surface area contributed by atoms with Gasteiger partial charge in [0, 0.05) is 39.0 Å². The van der Waals surface area contributed by atoms with Crippen LogP contribution in [0.25, 0.3) is 0 Å². The normalized spacial score (nSPS) is 23.9. The summed E-state index contributed by atoms with van der Waals surface area (Å²) in [4.78, 5) is 0. The third-order valence-electron chi connectivity index (χ3n) is 3.67. The molecule has 0 radical (unpaired) electrons. The van der Waals surface area contributed by atoms with Gasteiger partial charge in [-0.1, -0.05) is 49.1 Å². The van der Waals surface area contributed by atoms with Crippen LogP contribution < -0.4 is 5.32 Å². The minimum absolute atomic E-state index is 0.0643. The number of aliphatic hydroxyl groups excluding tert-OH is 1. The molecule has 1 atom stereocenters. The molecule has 1 unspecified atom stereocenters. The zero-order chi connectivity index (χ0) is 36.6. The van der Waals surface area contributed by atoms with Crippen molar-refractivity contribution in [3.05, 3.63) is 65.1 Å². The Morgan fingerprint density at radius 2 is 1.87 bits per heavy atom. The Bertz CT molecular complexity index is 1410. The van der Waals surface area contributed by atoms with Gasteiger partial charge in [-0.2, -0.15) is 0 Å². The maximum Gasteiger partial charge on any atom is 0.121 e. The van der Waals surface area contributed by atoms with E-state index in [-0.39, 0.29) is 31.9 Å². The summed E-state index contributed by atoms with van der Waals surface area (Å²) >= 11 is 0. The predicted octanol–water partition coefficient (Wildman–Crippen LogP) is 4.11. The van der Waals surface area contributed by atoms with E-state index in [9.17, 15) is 15.3 Å².